The van der Waals surface area contributed by atoms with Gasteiger partial charge in [-0.1, -0.05) is 0 Å². The topological polar surface area (TPSA) is 49.8 Å². The second kappa shape index (κ2) is 7.19. The Morgan fingerprint density at radius 2 is 2.06 bits per heavy atom. The number of halogens is 1. The van der Waals surface area contributed by atoms with Crippen molar-refractivity contribution in [3.63, 3.8) is 0 Å². The predicted octanol–water partition coefficient (Wildman–Crippen LogP) is 1.40. The molecule has 0 aromatic heterocycles. The molecule has 0 unspecified atom stereocenters. The first-order chi connectivity index (χ1) is 8.07. The first kappa shape index (κ1) is 14.7. The average molecular weight is 264 g/mol. The number of aliphatic hydroxyl groups is 1. The minimum Gasteiger partial charge on any atom is -0.388 e. The Kier molecular flexibility index (Phi) is 6.23. The summed E-state index contributed by atoms with van der Waals surface area (Å²) >= 11 is 5.56. The number of carbonyl (C=O) groups excluding carboxylic acids is 1. The lowest BCUT2D eigenvalue weighted by Gasteiger charge is -2.35. The zero-order valence-corrected chi connectivity index (χ0v) is 11.2. The lowest BCUT2D eigenvalue weighted by molar-refractivity contribution is -0.136. The molecule has 100 valence electrons. The summed E-state index contributed by atoms with van der Waals surface area (Å²) in [6.07, 6.45) is 3.39. The second-order valence-electron chi connectivity index (χ2n) is 4.73. The second-order valence-corrected chi connectivity index (χ2v) is 5.11. The van der Waals surface area contributed by atoms with Crippen molar-refractivity contribution in [2.75, 3.05) is 32.7 Å². The van der Waals surface area contributed by atoms with Crippen LogP contribution in [0.1, 0.15) is 32.1 Å². The molecule has 0 saturated carbocycles. The van der Waals surface area contributed by atoms with Crippen LogP contribution in [0.15, 0.2) is 0 Å². The van der Waals surface area contributed by atoms with Crippen LogP contribution in [0, 0.1) is 0 Å². The van der Waals surface area contributed by atoms with Crippen molar-refractivity contribution >= 4 is 17.5 Å². The maximum absolute atomic E-state index is 11.8. The Labute approximate surface area is 108 Å². The number of hydrogen-bond acceptors (Lipinski definition) is 3. The summed E-state index contributed by atoms with van der Waals surface area (Å²) in [7, 11) is 1.75. The monoisotopic (exact) mass is 263 g/mol. The van der Waals surface area contributed by atoms with Crippen LogP contribution in [0.25, 0.3) is 0 Å². The number of likely N-dealkylation sites (N-methyl/N-ethyl adjacent to an activating group) is 1. The molecule has 0 aromatic rings. The number of nitrogens with zero attached hydrogens (tertiary/aromatic N) is 1. The molecule has 0 aliphatic carbocycles. The van der Waals surface area contributed by atoms with Gasteiger partial charge < -0.3 is 14.7 Å². The number of hydrogen-bond donors (Lipinski definition) is 1. The summed E-state index contributed by atoms with van der Waals surface area (Å²) in [5.74, 6) is 0.674. The molecule has 4 nitrogen and oxygen atoms in total. The standard InChI is InChI=1S/C12H22ClNO3/c1-14(11(15)4-2-3-7-13)10-12(16)5-8-17-9-6-12/h16H,2-10H2,1H3. The van der Waals surface area contributed by atoms with Gasteiger partial charge in [-0.05, 0) is 12.8 Å². The zero-order valence-electron chi connectivity index (χ0n) is 10.5. The largest absolute Gasteiger partial charge is 0.388 e. The normalized spacial score (nSPS) is 19.0. The van der Waals surface area contributed by atoms with Crippen molar-refractivity contribution in [2.45, 2.75) is 37.7 Å². The highest BCUT2D eigenvalue weighted by Gasteiger charge is 2.32. The van der Waals surface area contributed by atoms with Gasteiger partial charge in [0.15, 0.2) is 0 Å². The van der Waals surface area contributed by atoms with Gasteiger partial charge in [0.2, 0.25) is 5.91 Å². The van der Waals surface area contributed by atoms with Crippen LogP contribution >= 0.6 is 11.6 Å². The molecule has 1 aliphatic heterocycles. The summed E-state index contributed by atoms with van der Waals surface area (Å²) in [6.45, 7) is 1.55. The quantitative estimate of drug-likeness (QED) is 0.582. The molecule has 1 amide bonds. The van der Waals surface area contributed by atoms with Gasteiger partial charge >= 0.3 is 0 Å². The minimum atomic E-state index is -0.769. The molecule has 1 aliphatic rings. The SMILES string of the molecule is CN(CC1(O)CCOCC1)C(=O)CCCCCl. The summed E-state index contributed by atoms with van der Waals surface area (Å²) in [5, 5.41) is 10.3. The fourth-order valence-corrected chi connectivity index (χ4v) is 2.19. The molecule has 1 fully saturated rings. The smallest absolute Gasteiger partial charge is 0.222 e. The maximum atomic E-state index is 11.8. The van der Waals surface area contributed by atoms with Crippen LogP contribution in [0.5, 0.6) is 0 Å². The van der Waals surface area contributed by atoms with E-state index in [4.69, 9.17) is 16.3 Å². The summed E-state index contributed by atoms with van der Waals surface area (Å²) < 4.78 is 5.21. The van der Waals surface area contributed by atoms with Gasteiger partial charge in [-0.3, -0.25) is 4.79 Å². The van der Waals surface area contributed by atoms with E-state index in [1.54, 1.807) is 11.9 Å². The third-order valence-electron chi connectivity index (χ3n) is 3.16. The van der Waals surface area contributed by atoms with E-state index in [9.17, 15) is 9.90 Å². The van der Waals surface area contributed by atoms with Crippen molar-refractivity contribution in [3.05, 3.63) is 0 Å². The maximum Gasteiger partial charge on any atom is 0.222 e. The van der Waals surface area contributed by atoms with Crippen molar-refractivity contribution in [1.82, 2.24) is 4.90 Å². The number of ether oxygens (including phenoxy) is 1. The number of unbranched alkanes of at least 4 members (excludes halogenated alkanes) is 1. The number of alkyl halides is 1. The molecule has 0 bridgehead atoms. The Morgan fingerprint density at radius 3 is 2.65 bits per heavy atom. The van der Waals surface area contributed by atoms with E-state index in [2.05, 4.69) is 0 Å². The predicted molar refractivity (Wildman–Crippen MR) is 67.2 cm³/mol. The summed E-state index contributed by atoms with van der Waals surface area (Å²) in [6, 6.07) is 0. The highest BCUT2D eigenvalue weighted by molar-refractivity contribution is 6.17. The summed E-state index contributed by atoms with van der Waals surface area (Å²) in [4.78, 5) is 13.4. The molecule has 5 heteroatoms. The zero-order chi connectivity index (χ0) is 12.7. The van der Waals surface area contributed by atoms with E-state index in [1.165, 1.54) is 0 Å². The van der Waals surface area contributed by atoms with Crippen molar-refractivity contribution < 1.29 is 14.6 Å². The van der Waals surface area contributed by atoms with Gasteiger partial charge in [-0.2, -0.15) is 0 Å². The highest BCUT2D eigenvalue weighted by Crippen LogP contribution is 2.21. The number of rotatable bonds is 6. The first-order valence-corrected chi connectivity index (χ1v) is 6.71. The van der Waals surface area contributed by atoms with Crippen LogP contribution in [-0.2, 0) is 9.53 Å². The molecule has 0 atom stereocenters. The third-order valence-corrected chi connectivity index (χ3v) is 3.42. The van der Waals surface area contributed by atoms with Crippen molar-refractivity contribution in [1.29, 1.82) is 0 Å². The van der Waals surface area contributed by atoms with Gasteiger partial charge in [0.25, 0.3) is 0 Å². The first-order valence-electron chi connectivity index (χ1n) is 6.17. The molecule has 0 aromatic carbocycles. The van der Waals surface area contributed by atoms with E-state index in [0.29, 0.717) is 44.9 Å². The fraction of sp³-hybridized carbons (Fsp3) is 0.917. The average Bonchev–Trinajstić information content (AvgIpc) is 2.29. The Balaban J connectivity index is 2.31. The molecular formula is C12H22ClNO3. The fourth-order valence-electron chi connectivity index (χ4n) is 2.00. The van der Waals surface area contributed by atoms with Crippen LogP contribution in [0.2, 0.25) is 0 Å². The Morgan fingerprint density at radius 1 is 1.41 bits per heavy atom. The van der Waals surface area contributed by atoms with E-state index in [1.807, 2.05) is 0 Å². The van der Waals surface area contributed by atoms with Crippen LogP contribution in [-0.4, -0.2) is 54.2 Å². The van der Waals surface area contributed by atoms with Gasteiger partial charge in [-0.15, -0.1) is 11.6 Å². The van der Waals surface area contributed by atoms with Crippen LogP contribution in [0.3, 0.4) is 0 Å². The molecule has 1 heterocycles. The Hall–Kier alpha value is -0.320. The van der Waals surface area contributed by atoms with Crippen molar-refractivity contribution in [3.8, 4) is 0 Å². The number of carbonyl (C=O) groups is 1. The van der Waals surface area contributed by atoms with Crippen molar-refractivity contribution in [2.24, 2.45) is 0 Å². The molecule has 1 saturated heterocycles. The molecule has 17 heavy (non-hydrogen) atoms. The minimum absolute atomic E-state index is 0.0787. The van der Waals surface area contributed by atoms with E-state index < -0.39 is 5.60 Å². The number of amides is 1. The van der Waals surface area contributed by atoms with E-state index >= 15 is 0 Å². The molecule has 1 N–H and O–H groups in total. The van der Waals surface area contributed by atoms with Crippen LogP contribution in [0.4, 0.5) is 0 Å². The lowest BCUT2D eigenvalue weighted by Crippen LogP contribution is -2.47. The molecular weight excluding hydrogens is 242 g/mol. The highest BCUT2D eigenvalue weighted by atomic mass is 35.5. The third kappa shape index (κ3) is 5.23. The Bertz CT molecular complexity index is 242. The van der Waals surface area contributed by atoms with Gasteiger partial charge in [-0.25, -0.2) is 0 Å². The molecule has 1 rings (SSSR count). The lowest BCUT2D eigenvalue weighted by atomic mass is 9.94. The summed E-state index contributed by atoms with van der Waals surface area (Å²) in [5.41, 5.74) is -0.769. The molecule has 0 radical (unpaired) electrons. The van der Waals surface area contributed by atoms with Gasteiger partial charge in [0.1, 0.15) is 0 Å². The van der Waals surface area contributed by atoms with Crippen LogP contribution < -0.4 is 0 Å². The molecule has 0 spiro atoms. The van der Waals surface area contributed by atoms with E-state index in [-0.39, 0.29) is 5.91 Å². The van der Waals surface area contributed by atoms with Gasteiger partial charge in [0, 0.05) is 51.9 Å². The van der Waals surface area contributed by atoms with Gasteiger partial charge in [0.05, 0.1) is 5.60 Å². The van der Waals surface area contributed by atoms with E-state index in [0.717, 1.165) is 12.8 Å².